The standard InChI is InChI=1S/C28H21F3N6O3/c1-32-17-8-9-34-23(11-17)37-22(6-7-24(37)38)26(39)36(18-10-16(29)14-33-15-18)25-20-4-2-3-5-21(20)35(27(25)40)19-12-28(30,31)13-19/h2-5,8-11,14-15,19,22,25H,6-7,12-13H2/t22-,25-/m0/s1. The third-order valence-corrected chi connectivity index (χ3v) is 7.46. The molecule has 0 N–H and O–H groups in total. The molecule has 4 heterocycles. The highest BCUT2D eigenvalue weighted by molar-refractivity contribution is 6.15. The van der Waals surface area contributed by atoms with Gasteiger partial charge in [-0.05, 0) is 24.6 Å². The van der Waals surface area contributed by atoms with Gasteiger partial charge in [0.25, 0.3) is 17.7 Å². The van der Waals surface area contributed by atoms with Gasteiger partial charge in [0, 0.05) is 48.8 Å². The molecule has 40 heavy (non-hydrogen) atoms. The number of benzene rings is 1. The quantitative estimate of drug-likeness (QED) is 0.437. The Hall–Kier alpha value is -4.79. The Balaban J connectivity index is 1.44. The zero-order chi connectivity index (χ0) is 28.2. The first-order valence-electron chi connectivity index (χ1n) is 12.6. The fourth-order valence-corrected chi connectivity index (χ4v) is 5.67. The number of aromatic nitrogens is 2. The molecule has 3 amide bonds. The highest BCUT2D eigenvalue weighted by Gasteiger charge is 2.55. The lowest BCUT2D eigenvalue weighted by Gasteiger charge is -2.41. The summed E-state index contributed by atoms with van der Waals surface area (Å²) in [6, 6.07) is 7.30. The average Bonchev–Trinajstić information content (AvgIpc) is 3.44. The number of pyridine rings is 2. The molecule has 2 aliphatic heterocycles. The van der Waals surface area contributed by atoms with Crippen LogP contribution in [-0.2, 0) is 14.4 Å². The Morgan fingerprint density at radius 1 is 1.10 bits per heavy atom. The summed E-state index contributed by atoms with van der Waals surface area (Å²) in [5, 5.41) is 0. The normalized spacial score (nSPS) is 21.6. The predicted octanol–water partition coefficient (Wildman–Crippen LogP) is 4.58. The number of nitrogens with zero attached hydrogens (tertiary/aromatic N) is 6. The second kappa shape index (κ2) is 9.44. The van der Waals surface area contributed by atoms with E-state index >= 15 is 0 Å². The predicted molar refractivity (Wildman–Crippen MR) is 137 cm³/mol. The Labute approximate surface area is 226 Å². The topological polar surface area (TPSA) is 91.1 Å². The second-order valence-electron chi connectivity index (χ2n) is 9.96. The zero-order valence-corrected chi connectivity index (χ0v) is 20.9. The van der Waals surface area contributed by atoms with Gasteiger partial charge in [0.2, 0.25) is 5.91 Å². The summed E-state index contributed by atoms with van der Waals surface area (Å²) >= 11 is 0. The number of halogens is 3. The summed E-state index contributed by atoms with van der Waals surface area (Å²) in [5.41, 5.74) is 0.978. The average molecular weight is 547 g/mol. The Bertz CT molecular complexity index is 1580. The summed E-state index contributed by atoms with van der Waals surface area (Å²) < 4.78 is 42.1. The van der Waals surface area contributed by atoms with Crippen molar-refractivity contribution in [1.82, 2.24) is 9.97 Å². The lowest BCUT2D eigenvalue weighted by Crippen LogP contribution is -2.55. The van der Waals surface area contributed by atoms with Crippen molar-refractivity contribution in [3.8, 4) is 0 Å². The number of hydrogen-bond acceptors (Lipinski definition) is 5. The van der Waals surface area contributed by atoms with Crippen LogP contribution in [-0.4, -0.2) is 45.7 Å². The van der Waals surface area contributed by atoms with Crippen LogP contribution in [0.4, 0.5) is 36.1 Å². The van der Waals surface area contributed by atoms with Crippen LogP contribution in [0.3, 0.4) is 0 Å². The summed E-state index contributed by atoms with van der Waals surface area (Å²) in [5.74, 6) is -5.25. The van der Waals surface area contributed by atoms with Crippen molar-refractivity contribution in [2.45, 2.75) is 49.7 Å². The molecule has 3 aromatic rings. The number of rotatable bonds is 5. The van der Waals surface area contributed by atoms with Crippen molar-refractivity contribution < 1.29 is 27.6 Å². The van der Waals surface area contributed by atoms with E-state index in [2.05, 4.69) is 14.8 Å². The maximum atomic E-state index is 14.4. The van der Waals surface area contributed by atoms with Crippen LogP contribution < -0.4 is 14.7 Å². The van der Waals surface area contributed by atoms with Crippen molar-refractivity contribution in [1.29, 1.82) is 0 Å². The molecule has 0 bridgehead atoms. The maximum Gasteiger partial charge on any atom is 0.255 e. The van der Waals surface area contributed by atoms with E-state index in [4.69, 9.17) is 6.57 Å². The Kier molecular flexibility index (Phi) is 6.02. The molecule has 2 aromatic heterocycles. The second-order valence-corrected chi connectivity index (χ2v) is 9.96. The van der Waals surface area contributed by atoms with Crippen LogP contribution in [0.2, 0.25) is 0 Å². The van der Waals surface area contributed by atoms with Gasteiger partial charge in [0.1, 0.15) is 23.7 Å². The molecule has 1 saturated heterocycles. The van der Waals surface area contributed by atoms with Crippen molar-refractivity contribution >= 4 is 40.6 Å². The van der Waals surface area contributed by atoms with Crippen molar-refractivity contribution in [2.75, 3.05) is 14.7 Å². The molecular weight excluding hydrogens is 525 g/mol. The van der Waals surface area contributed by atoms with Gasteiger partial charge in [-0.3, -0.25) is 29.2 Å². The Morgan fingerprint density at radius 3 is 2.60 bits per heavy atom. The van der Waals surface area contributed by atoms with Crippen LogP contribution in [0.25, 0.3) is 4.85 Å². The largest absolute Gasteiger partial charge is 0.306 e. The smallest absolute Gasteiger partial charge is 0.255 e. The molecule has 0 unspecified atom stereocenters. The number of carbonyl (C=O) groups excluding carboxylic acids is 3. The van der Waals surface area contributed by atoms with Crippen molar-refractivity contribution in [3.63, 3.8) is 0 Å². The maximum absolute atomic E-state index is 14.4. The first-order chi connectivity index (χ1) is 19.2. The molecule has 1 aromatic carbocycles. The minimum absolute atomic E-state index is 0.00799. The molecule has 1 aliphatic carbocycles. The Morgan fingerprint density at radius 2 is 1.88 bits per heavy atom. The molecule has 9 nitrogen and oxygen atoms in total. The van der Waals surface area contributed by atoms with Gasteiger partial charge >= 0.3 is 0 Å². The third kappa shape index (κ3) is 4.14. The van der Waals surface area contributed by atoms with Crippen LogP contribution in [0, 0.1) is 12.4 Å². The van der Waals surface area contributed by atoms with E-state index in [-0.39, 0.29) is 30.0 Å². The van der Waals surface area contributed by atoms with E-state index in [9.17, 15) is 27.6 Å². The number of anilines is 3. The fraction of sp³-hybridized carbons (Fsp3) is 0.286. The molecule has 12 heteroatoms. The van der Waals surface area contributed by atoms with E-state index in [1.807, 2.05) is 0 Å². The summed E-state index contributed by atoms with van der Waals surface area (Å²) in [6.07, 6.45) is 2.61. The number of hydrogen-bond donors (Lipinski definition) is 0. The van der Waals surface area contributed by atoms with Gasteiger partial charge in [-0.1, -0.05) is 18.2 Å². The minimum Gasteiger partial charge on any atom is -0.306 e. The molecule has 202 valence electrons. The monoisotopic (exact) mass is 546 g/mol. The number of carbonyl (C=O) groups is 3. The highest BCUT2D eigenvalue weighted by Crippen LogP contribution is 2.49. The minimum atomic E-state index is -2.89. The first-order valence-corrected chi connectivity index (χ1v) is 12.6. The van der Waals surface area contributed by atoms with Crippen LogP contribution in [0.15, 0.2) is 61.1 Å². The van der Waals surface area contributed by atoms with Gasteiger partial charge in [0.15, 0.2) is 5.69 Å². The van der Waals surface area contributed by atoms with E-state index in [1.165, 1.54) is 34.3 Å². The number of para-hydroxylation sites is 1. The molecular formula is C28H21F3N6O3. The molecule has 2 atom stereocenters. The lowest BCUT2D eigenvalue weighted by atomic mass is 9.87. The van der Waals surface area contributed by atoms with E-state index in [0.717, 1.165) is 17.2 Å². The first kappa shape index (κ1) is 25.5. The van der Waals surface area contributed by atoms with Crippen LogP contribution >= 0.6 is 0 Å². The highest BCUT2D eigenvalue weighted by atomic mass is 19.3. The van der Waals surface area contributed by atoms with Gasteiger partial charge < -0.3 is 4.90 Å². The van der Waals surface area contributed by atoms with Gasteiger partial charge in [0.05, 0.1) is 24.7 Å². The lowest BCUT2D eigenvalue weighted by molar-refractivity contribution is -0.128. The molecule has 3 aliphatic rings. The molecule has 0 spiro atoms. The van der Waals surface area contributed by atoms with Gasteiger partial charge in [-0.25, -0.2) is 23.0 Å². The number of alkyl halides is 2. The van der Waals surface area contributed by atoms with E-state index < -0.39 is 60.4 Å². The number of amides is 3. The van der Waals surface area contributed by atoms with Crippen LogP contribution in [0.5, 0.6) is 0 Å². The zero-order valence-electron chi connectivity index (χ0n) is 20.9. The van der Waals surface area contributed by atoms with Crippen molar-refractivity contribution in [3.05, 3.63) is 83.9 Å². The number of fused-ring (bicyclic) bond motifs is 1. The van der Waals surface area contributed by atoms with E-state index in [0.29, 0.717) is 11.3 Å². The molecule has 1 saturated carbocycles. The molecule has 6 rings (SSSR count). The van der Waals surface area contributed by atoms with Crippen LogP contribution in [0.1, 0.15) is 37.3 Å². The summed E-state index contributed by atoms with van der Waals surface area (Å²) in [7, 11) is 0. The summed E-state index contributed by atoms with van der Waals surface area (Å²) in [4.78, 5) is 56.3. The van der Waals surface area contributed by atoms with Gasteiger partial charge in [-0.15, -0.1) is 0 Å². The SMILES string of the molecule is [C-]#[N+]c1ccnc(N2C(=O)CC[C@H]2C(=O)N(c2cncc(F)c2)[C@@H]2C(=O)N(C3CC(F)(F)C3)c3ccccc32)c1. The third-order valence-electron chi connectivity index (χ3n) is 7.46. The molecule has 0 radical (unpaired) electrons. The van der Waals surface area contributed by atoms with E-state index in [1.54, 1.807) is 24.3 Å². The van der Waals surface area contributed by atoms with Gasteiger partial charge in [-0.2, -0.15) is 0 Å². The van der Waals surface area contributed by atoms with Crippen molar-refractivity contribution in [2.24, 2.45) is 0 Å². The fourth-order valence-electron chi connectivity index (χ4n) is 5.67. The molecule has 2 fully saturated rings. The summed E-state index contributed by atoms with van der Waals surface area (Å²) in [6.45, 7) is 7.29.